The molecule has 0 aliphatic heterocycles. The van der Waals surface area contributed by atoms with Crippen LogP contribution >= 0.6 is 0 Å². The zero-order valence-corrected chi connectivity index (χ0v) is 9.55. The Labute approximate surface area is 95.1 Å². The molecule has 1 aromatic carbocycles. The van der Waals surface area contributed by atoms with Crippen molar-refractivity contribution in [3.63, 3.8) is 0 Å². The molecule has 0 saturated carbocycles. The molecule has 0 aliphatic rings. The van der Waals surface area contributed by atoms with Crippen molar-refractivity contribution < 1.29 is 15.0 Å². The van der Waals surface area contributed by atoms with Crippen LogP contribution < -0.4 is 0 Å². The summed E-state index contributed by atoms with van der Waals surface area (Å²) >= 11 is 0. The summed E-state index contributed by atoms with van der Waals surface area (Å²) in [5.41, 5.74) is 1.71. The van der Waals surface area contributed by atoms with Gasteiger partial charge in [0.1, 0.15) is 6.04 Å². The standard InChI is InChI=1S/C12H17NO3/c1-9-5-3-4-6-10(9)11(12(15)16)13(2)7-8-14/h3-6,11,14H,7-8H2,1-2H3,(H,15,16). The molecule has 0 aliphatic carbocycles. The molecule has 1 unspecified atom stereocenters. The van der Waals surface area contributed by atoms with Crippen molar-refractivity contribution >= 4 is 5.97 Å². The molecule has 1 rings (SSSR count). The number of aliphatic hydroxyl groups is 1. The SMILES string of the molecule is Cc1ccccc1C(C(=O)O)N(C)CCO. The average molecular weight is 223 g/mol. The number of rotatable bonds is 5. The van der Waals surface area contributed by atoms with Gasteiger partial charge < -0.3 is 10.2 Å². The Bertz CT molecular complexity index is 365. The Kier molecular flexibility index (Phi) is 4.46. The number of carbonyl (C=O) groups is 1. The summed E-state index contributed by atoms with van der Waals surface area (Å²) in [5.74, 6) is -0.898. The highest BCUT2D eigenvalue weighted by Gasteiger charge is 2.25. The lowest BCUT2D eigenvalue weighted by Crippen LogP contribution is -2.33. The van der Waals surface area contributed by atoms with Crippen molar-refractivity contribution in [1.82, 2.24) is 4.90 Å². The maximum Gasteiger partial charge on any atom is 0.325 e. The number of aliphatic hydroxyl groups excluding tert-OH is 1. The molecule has 0 radical (unpaired) electrons. The predicted molar refractivity (Wildman–Crippen MR) is 61.3 cm³/mol. The summed E-state index contributed by atoms with van der Waals surface area (Å²) in [6.07, 6.45) is 0. The van der Waals surface area contributed by atoms with Crippen LogP contribution in [0, 0.1) is 6.92 Å². The summed E-state index contributed by atoms with van der Waals surface area (Å²) < 4.78 is 0. The molecule has 2 N–H and O–H groups in total. The normalized spacial score (nSPS) is 12.8. The van der Waals surface area contributed by atoms with E-state index >= 15 is 0 Å². The highest BCUT2D eigenvalue weighted by Crippen LogP contribution is 2.22. The Morgan fingerprint density at radius 2 is 2.06 bits per heavy atom. The van der Waals surface area contributed by atoms with Crippen LogP contribution in [0.25, 0.3) is 0 Å². The second kappa shape index (κ2) is 5.63. The van der Waals surface area contributed by atoms with E-state index in [1.165, 1.54) is 0 Å². The molecule has 16 heavy (non-hydrogen) atoms. The van der Waals surface area contributed by atoms with Crippen LogP contribution in [-0.2, 0) is 4.79 Å². The summed E-state index contributed by atoms with van der Waals surface area (Å²) in [6, 6.07) is 6.70. The van der Waals surface area contributed by atoms with Crippen LogP contribution in [0.5, 0.6) is 0 Å². The van der Waals surface area contributed by atoms with Crippen molar-refractivity contribution in [3.8, 4) is 0 Å². The summed E-state index contributed by atoms with van der Waals surface area (Å²) in [6.45, 7) is 2.18. The molecule has 88 valence electrons. The van der Waals surface area contributed by atoms with Gasteiger partial charge in [-0.25, -0.2) is 0 Å². The molecule has 0 spiro atoms. The van der Waals surface area contributed by atoms with Gasteiger partial charge in [-0.1, -0.05) is 24.3 Å². The molecule has 4 heteroatoms. The van der Waals surface area contributed by atoms with E-state index < -0.39 is 12.0 Å². The number of likely N-dealkylation sites (N-methyl/N-ethyl adjacent to an activating group) is 1. The largest absolute Gasteiger partial charge is 0.480 e. The second-order valence-electron chi connectivity index (χ2n) is 3.80. The van der Waals surface area contributed by atoms with E-state index in [1.807, 2.05) is 31.2 Å². The van der Waals surface area contributed by atoms with Gasteiger partial charge in [-0.3, -0.25) is 9.69 Å². The zero-order valence-electron chi connectivity index (χ0n) is 9.55. The summed E-state index contributed by atoms with van der Waals surface area (Å²) in [7, 11) is 1.70. The highest BCUT2D eigenvalue weighted by molar-refractivity contribution is 5.76. The zero-order chi connectivity index (χ0) is 12.1. The average Bonchev–Trinajstić information content (AvgIpc) is 2.21. The molecule has 0 fully saturated rings. The lowest BCUT2D eigenvalue weighted by atomic mass is 10.0. The highest BCUT2D eigenvalue weighted by atomic mass is 16.4. The third-order valence-electron chi connectivity index (χ3n) is 2.61. The molecule has 0 saturated heterocycles. The van der Waals surface area contributed by atoms with E-state index in [1.54, 1.807) is 11.9 Å². The molecular weight excluding hydrogens is 206 g/mol. The lowest BCUT2D eigenvalue weighted by molar-refractivity contribution is -0.143. The molecule has 0 heterocycles. The van der Waals surface area contributed by atoms with Crippen LogP contribution in [0.1, 0.15) is 17.2 Å². The summed E-state index contributed by atoms with van der Waals surface area (Å²) in [4.78, 5) is 12.9. The summed E-state index contributed by atoms with van der Waals surface area (Å²) in [5, 5.41) is 18.1. The third kappa shape index (κ3) is 2.81. The van der Waals surface area contributed by atoms with Gasteiger partial charge in [-0.2, -0.15) is 0 Å². The van der Waals surface area contributed by atoms with E-state index in [0.717, 1.165) is 11.1 Å². The van der Waals surface area contributed by atoms with Gasteiger partial charge in [0, 0.05) is 6.54 Å². The lowest BCUT2D eigenvalue weighted by Gasteiger charge is -2.25. The minimum Gasteiger partial charge on any atom is -0.480 e. The minimum atomic E-state index is -0.898. The van der Waals surface area contributed by atoms with Gasteiger partial charge in [0.2, 0.25) is 0 Å². The van der Waals surface area contributed by atoms with Crippen LogP contribution in [-0.4, -0.2) is 41.3 Å². The van der Waals surface area contributed by atoms with E-state index in [0.29, 0.717) is 6.54 Å². The smallest absolute Gasteiger partial charge is 0.325 e. The Hall–Kier alpha value is -1.39. The van der Waals surface area contributed by atoms with Gasteiger partial charge in [0.05, 0.1) is 6.61 Å². The number of carboxylic acids is 1. The van der Waals surface area contributed by atoms with Crippen molar-refractivity contribution in [1.29, 1.82) is 0 Å². The van der Waals surface area contributed by atoms with E-state index in [-0.39, 0.29) is 6.61 Å². The van der Waals surface area contributed by atoms with Gasteiger partial charge in [0.15, 0.2) is 0 Å². The number of hydrogen-bond acceptors (Lipinski definition) is 3. The van der Waals surface area contributed by atoms with Crippen molar-refractivity contribution in [2.24, 2.45) is 0 Å². The van der Waals surface area contributed by atoms with Crippen LogP contribution in [0.4, 0.5) is 0 Å². The monoisotopic (exact) mass is 223 g/mol. The number of carboxylic acid groups (broad SMARTS) is 1. The molecule has 0 amide bonds. The van der Waals surface area contributed by atoms with Gasteiger partial charge >= 0.3 is 5.97 Å². The number of aliphatic carboxylic acids is 1. The van der Waals surface area contributed by atoms with Crippen LogP contribution in [0.2, 0.25) is 0 Å². The minimum absolute atomic E-state index is 0.0494. The fourth-order valence-corrected chi connectivity index (χ4v) is 1.74. The van der Waals surface area contributed by atoms with Crippen molar-refractivity contribution in [2.45, 2.75) is 13.0 Å². The van der Waals surface area contributed by atoms with Gasteiger partial charge in [0.25, 0.3) is 0 Å². The van der Waals surface area contributed by atoms with Crippen LogP contribution in [0.3, 0.4) is 0 Å². The topological polar surface area (TPSA) is 60.8 Å². The van der Waals surface area contributed by atoms with Crippen molar-refractivity contribution in [2.75, 3.05) is 20.2 Å². The van der Waals surface area contributed by atoms with Crippen LogP contribution in [0.15, 0.2) is 24.3 Å². The fraction of sp³-hybridized carbons (Fsp3) is 0.417. The van der Waals surface area contributed by atoms with E-state index in [9.17, 15) is 9.90 Å². The second-order valence-corrected chi connectivity index (χ2v) is 3.80. The Balaban J connectivity index is 3.03. The van der Waals surface area contributed by atoms with E-state index in [2.05, 4.69) is 0 Å². The number of aryl methyl sites for hydroxylation is 1. The maximum atomic E-state index is 11.2. The quantitative estimate of drug-likeness (QED) is 0.783. The first-order valence-corrected chi connectivity index (χ1v) is 5.17. The molecule has 1 atom stereocenters. The first kappa shape index (κ1) is 12.7. The molecule has 0 bridgehead atoms. The number of benzene rings is 1. The third-order valence-corrected chi connectivity index (χ3v) is 2.61. The molecule has 0 aromatic heterocycles. The molecule has 1 aromatic rings. The number of hydrogen-bond donors (Lipinski definition) is 2. The van der Waals surface area contributed by atoms with Gasteiger partial charge in [-0.15, -0.1) is 0 Å². The molecular formula is C12H17NO3. The first-order chi connectivity index (χ1) is 7.57. The van der Waals surface area contributed by atoms with E-state index in [4.69, 9.17) is 5.11 Å². The first-order valence-electron chi connectivity index (χ1n) is 5.17. The predicted octanol–water partition coefficient (Wildman–Crippen LogP) is 1.04. The maximum absolute atomic E-state index is 11.2. The number of nitrogens with zero attached hydrogens (tertiary/aromatic N) is 1. The van der Waals surface area contributed by atoms with Crippen molar-refractivity contribution in [3.05, 3.63) is 35.4 Å². The molecule has 4 nitrogen and oxygen atoms in total. The van der Waals surface area contributed by atoms with Gasteiger partial charge in [-0.05, 0) is 25.1 Å². The fourth-order valence-electron chi connectivity index (χ4n) is 1.74. The Morgan fingerprint density at radius 1 is 1.44 bits per heavy atom. The Morgan fingerprint density at radius 3 is 2.56 bits per heavy atom.